The van der Waals surface area contributed by atoms with Gasteiger partial charge in [-0.2, -0.15) is 0 Å². The van der Waals surface area contributed by atoms with Gasteiger partial charge in [0.1, 0.15) is 0 Å². The Morgan fingerprint density at radius 3 is 3.22 bits per heavy atom. The monoisotopic (exact) mass is 139 g/mol. The minimum atomic E-state index is 0.372. The smallest absolute Gasteiger partial charge is 0.173 e. The molecule has 0 atom stereocenters. The molecule has 2 rings (SSSR count). The highest BCUT2D eigenvalue weighted by molar-refractivity contribution is 7.20. The van der Waals surface area contributed by atoms with Crippen LogP contribution < -0.4 is 0 Å². The predicted molar refractivity (Wildman–Crippen MR) is 37.8 cm³/mol. The quantitative estimate of drug-likeness (QED) is 0.574. The fourth-order valence-electron chi connectivity index (χ4n) is 0.835. The van der Waals surface area contributed by atoms with Crippen LogP contribution in [0.3, 0.4) is 0 Å². The number of aromatic nitrogens is 1. The van der Waals surface area contributed by atoms with Crippen molar-refractivity contribution >= 4 is 21.6 Å². The molecule has 0 spiro atoms. The number of hydrogen-bond donors (Lipinski definition) is 2. The standard InChI is InChI=1S/C6H5NOS/c8-6-3-4-5(9-6)1-2-7-4/h1-3,7-8H. The van der Waals surface area contributed by atoms with Crippen molar-refractivity contribution in [2.45, 2.75) is 0 Å². The molecule has 2 heterocycles. The zero-order chi connectivity index (χ0) is 6.27. The highest BCUT2D eigenvalue weighted by Crippen LogP contribution is 2.28. The van der Waals surface area contributed by atoms with E-state index in [1.807, 2.05) is 12.3 Å². The molecule has 0 aliphatic rings. The summed E-state index contributed by atoms with van der Waals surface area (Å²) in [7, 11) is 0. The number of fused-ring (bicyclic) bond motifs is 1. The second-order valence-corrected chi connectivity index (χ2v) is 2.90. The molecular weight excluding hydrogens is 134 g/mol. The van der Waals surface area contributed by atoms with E-state index >= 15 is 0 Å². The van der Waals surface area contributed by atoms with Crippen molar-refractivity contribution in [3.63, 3.8) is 0 Å². The molecule has 0 saturated carbocycles. The van der Waals surface area contributed by atoms with Crippen molar-refractivity contribution in [2.75, 3.05) is 0 Å². The summed E-state index contributed by atoms with van der Waals surface area (Å²) in [6, 6.07) is 3.67. The lowest BCUT2D eigenvalue weighted by Crippen LogP contribution is -1.51. The van der Waals surface area contributed by atoms with E-state index in [1.54, 1.807) is 6.07 Å². The van der Waals surface area contributed by atoms with Gasteiger partial charge in [0.2, 0.25) is 0 Å². The van der Waals surface area contributed by atoms with Gasteiger partial charge in [0.25, 0.3) is 0 Å². The third-order valence-electron chi connectivity index (χ3n) is 1.22. The van der Waals surface area contributed by atoms with E-state index in [0.717, 1.165) is 10.2 Å². The maximum atomic E-state index is 8.94. The lowest BCUT2D eigenvalue weighted by Gasteiger charge is -1.71. The topological polar surface area (TPSA) is 36.0 Å². The van der Waals surface area contributed by atoms with E-state index in [1.165, 1.54) is 11.3 Å². The Bertz CT molecular complexity index is 294. The summed E-state index contributed by atoms with van der Waals surface area (Å²) in [6.07, 6.45) is 1.86. The molecule has 2 aromatic rings. The highest BCUT2D eigenvalue weighted by Gasteiger charge is 1.97. The summed E-state index contributed by atoms with van der Waals surface area (Å²) in [5.74, 6) is 0. The summed E-state index contributed by atoms with van der Waals surface area (Å²) in [5, 5.41) is 9.32. The minimum Gasteiger partial charge on any atom is -0.499 e. The van der Waals surface area contributed by atoms with Crippen LogP contribution in [0.5, 0.6) is 5.06 Å². The average molecular weight is 139 g/mol. The third kappa shape index (κ3) is 0.616. The van der Waals surface area contributed by atoms with Gasteiger partial charge < -0.3 is 10.1 Å². The van der Waals surface area contributed by atoms with E-state index < -0.39 is 0 Å². The first kappa shape index (κ1) is 4.88. The van der Waals surface area contributed by atoms with Crippen LogP contribution in [0.4, 0.5) is 0 Å². The third-order valence-corrected chi connectivity index (χ3v) is 2.12. The van der Waals surface area contributed by atoms with Gasteiger partial charge in [-0.25, -0.2) is 0 Å². The summed E-state index contributed by atoms with van der Waals surface area (Å²) in [6.45, 7) is 0. The Labute approximate surface area is 55.8 Å². The number of aromatic amines is 1. The molecule has 2 nitrogen and oxygen atoms in total. The molecule has 3 heteroatoms. The summed E-state index contributed by atoms with van der Waals surface area (Å²) >= 11 is 1.38. The molecule has 0 saturated heterocycles. The Morgan fingerprint density at radius 2 is 2.44 bits per heavy atom. The van der Waals surface area contributed by atoms with Crippen molar-refractivity contribution in [3.8, 4) is 5.06 Å². The molecule has 0 bridgehead atoms. The molecule has 2 aromatic heterocycles. The predicted octanol–water partition coefficient (Wildman–Crippen LogP) is 1.93. The number of rotatable bonds is 0. The van der Waals surface area contributed by atoms with Crippen LogP contribution in [-0.2, 0) is 0 Å². The first-order chi connectivity index (χ1) is 4.36. The molecule has 46 valence electrons. The highest BCUT2D eigenvalue weighted by atomic mass is 32.1. The van der Waals surface area contributed by atoms with E-state index in [4.69, 9.17) is 5.11 Å². The van der Waals surface area contributed by atoms with E-state index in [-0.39, 0.29) is 0 Å². The number of nitrogens with one attached hydrogen (secondary N) is 1. The summed E-state index contributed by atoms with van der Waals surface area (Å²) in [5.41, 5.74) is 1.01. The zero-order valence-corrected chi connectivity index (χ0v) is 5.40. The SMILES string of the molecule is Oc1cc2[nH]ccc2s1. The zero-order valence-electron chi connectivity index (χ0n) is 4.59. The molecule has 9 heavy (non-hydrogen) atoms. The van der Waals surface area contributed by atoms with Gasteiger partial charge in [0.15, 0.2) is 5.06 Å². The van der Waals surface area contributed by atoms with Gasteiger partial charge in [-0.15, -0.1) is 0 Å². The lowest BCUT2D eigenvalue weighted by atomic mass is 10.5. The van der Waals surface area contributed by atoms with E-state index in [2.05, 4.69) is 4.98 Å². The van der Waals surface area contributed by atoms with Crippen molar-refractivity contribution in [1.82, 2.24) is 4.98 Å². The van der Waals surface area contributed by atoms with E-state index in [9.17, 15) is 0 Å². The molecule has 0 aliphatic heterocycles. The Morgan fingerprint density at radius 1 is 1.56 bits per heavy atom. The van der Waals surface area contributed by atoms with Crippen LogP contribution >= 0.6 is 11.3 Å². The van der Waals surface area contributed by atoms with Crippen LogP contribution in [0.15, 0.2) is 18.3 Å². The molecule has 0 amide bonds. The van der Waals surface area contributed by atoms with Gasteiger partial charge in [-0.05, 0) is 6.07 Å². The summed E-state index contributed by atoms with van der Waals surface area (Å²) < 4.78 is 1.10. The Hall–Kier alpha value is -0.960. The maximum Gasteiger partial charge on any atom is 0.173 e. The van der Waals surface area contributed by atoms with Gasteiger partial charge in [0, 0.05) is 12.3 Å². The maximum absolute atomic E-state index is 8.94. The molecule has 2 N–H and O–H groups in total. The number of H-pyrrole nitrogens is 1. The molecular formula is C6H5NOS. The van der Waals surface area contributed by atoms with Gasteiger partial charge >= 0.3 is 0 Å². The van der Waals surface area contributed by atoms with Crippen LogP contribution in [0.1, 0.15) is 0 Å². The van der Waals surface area contributed by atoms with E-state index in [0.29, 0.717) is 5.06 Å². The van der Waals surface area contributed by atoms with Gasteiger partial charge in [0.05, 0.1) is 10.2 Å². The molecule has 0 aromatic carbocycles. The van der Waals surface area contributed by atoms with Crippen molar-refractivity contribution in [2.24, 2.45) is 0 Å². The van der Waals surface area contributed by atoms with Crippen molar-refractivity contribution in [3.05, 3.63) is 18.3 Å². The number of hydrogen-bond acceptors (Lipinski definition) is 2. The number of thiophene rings is 1. The van der Waals surface area contributed by atoms with Gasteiger partial charge in [-0.1, -0.05) is 11.3 Å². The van der Waals surface area contributed by atoms with Crippen LogP contribution in [0.2, 0.25) is 0 Å². The summed E-state index contributed by atoms with van der Waals surface area (Å²) in [4.78, 5) is 2.99. The van der Waals surface area contributed by atoms with Crippen molar-refractivity contribution < 1.29 is 5.11 Å². The first-order valence-corrected chi connectivity index (χ1v) is 3.44. The first-order valence-electron chi connectivity index (χ1n) is 2.62. The van der Waals surface area contributed by atoms with Gasteiger partial charge in [-0.3, -0.25) is 0 Å². The largest absolute Gasteiger partial charge is 0.499 e. The van der Waals surface area contributed by atoms with Crippen LogP contribution in [0, 0.1) is 0 Å². The molecule has 0 radical (unpaired) electrons. The average Bonchev–Trinajstić information content (AvgIpc) is 2.22. The Kier molecular flexibility index (Phi) is 0.818. The lowest BCUT2D eigenvalue weighted by molar-refractivity contribution is 0.491. The molecule has 0 aliphatic carbocycles. The molecule has 0 fully saturated rings. The normalized spacial score (nSPS) is 10.7. The minimum absolute atomic E-state index is 0.372. The van der Waals surface area contributed by atoms with Crippen LogP contribution in [0.25, 0.3) is 10.2 Å². The molecule has 0 unspecified atom stereocenters. The second-order valence-electron chi connectivity index (χ2n) is 1.84. The number of aromatic hydroxyl groups is 1. The van der Waals surface area contributed by atoms with Crippen LogP contribution in [-0.4, -0.2) is 10.1 Å². The Balaban J connectivity index is 2.92. The fraction of sp³-hybridized carbons (Fsp3) is 0. The van der Waals surface area contributed by atoms with Crippen molar-refractivity contribution in [1.29, 1.82) is 0 Å². The fourth-order valence-corrected chi connectivity index (χ4v) is 1.60. The second kappa shape index (κ2) is 1.51.